The highest BCUT2D eigenvalue weighted by atomic mass is 16.5. The van der Waals surface area contributed by atoms with Crippen LogP contribution in [0.15, 0.2) is 0 Å². The molecule has 5 fully saturated rings. The molecule has 4 nitrogen and oxygen atoms in total. The zero-order valence-corrected chi connectivity index (χ0v) is 25.2. The van der Waals surface area contributed by atoms with Crippen molar-refractivity contribution in [3.63, 3.8) is 0 Å². The second-order valence-corrected chi connectivity index (χ2v) is 15.7. The van der Waals surface area contributed by atoms with Crippen LogP contribution >= 0.6 is 0 Å². The Balaban J connectivity index is 1.52. The lowest BCUT2D eigenvalue weighted by Gasteiger charge is -2.73. The Bertz CT molecular complexity index is 941. The van der Waals surface area contributed by atoms with Crippen LogP contribution in [0.4, 0.5) is 0 Å². The lowest BCUT2D eigenvalue weighted by atomic mass is 9.31. The summed E-state index contributed by atoms with van der Waals surface area (Å²) < 4.78 is 11.5. The lowest BCUT2D eigenvalue weighted by Crippen LogP contribution is -2.68. The molecule has 4 heteroatoms. The molecule has 37 heavy (non-hydrogen) atoms. The molecule has 5 aliphatic carbocycles. The van der Waals surface area contributed by atoms with E-state index in [9.17, 15) is 9.59 Å². The van der Waals surface area contributed by atoms with Crippen molar-refractivity contribution in [3.05, 3.63) is 0 Å². The van der Waals surface area contributed by atoms with Crippen molar-refractivity contribution in [1.82, 2.24) is 0 Å². The van der Waals surface area contributed by atoms with Crippen molar-refractivity contribution >= 4 is 11.9 Å². The summed E-state index contributed by atoms with van der Waals surface area (Å²) in [5.74, 6) is 3.44. The molecule has 0 heterocycles. The highest BCUT2D eigenvalue weighted by Gasteiger charge is 2.71. The first-order chi connectivity index (χ1) is 17.2. The van der Waals surface area contributed by atoms with Gasteiger partial charge in [-0.25, -0.2) is 0 Å². The average Bonchev–Trinajstić information content (AvgIpc) is 2.83. The number of rotatable bonds is 2. The second-order valence-electron chi connectivity index (χ2n) is 15.7. The minimum Gasteiger partial charge on any atom is -0.469 e. The lowest BCUT2D eigenvalue weighted by molar-refractivity contribution is -0.260. The van der Waals surface area contributed by atoms with E-state index in [-0.39, 0.29) is 45.1 Å². The Morgan fingerprint density at radius 2 is 1.46 bits per heavy atom. The van der Waals surface area contributed by atoms with E-state index >= 15 is 0 Å². The van der Waals surface area contributed by atoms with Gasteiger partial charge in [-0.1, -0.05) is 48.5 Å². The van der Waals surface area contributed by atoms with Gasteiger partial charge in [-0.15, -0.1) is 0 Å². The number of carbonyl (C=O) groups excluding carboxylic acids is 2. The number of carbonyl (C=O) groups is 2. The molecule has 5 aliphatic rings. The molecular formula is C33H54O4. The molecule has 0 aliphatic heterocycles. The van der Waals surface area contributed by atoms with E-state index in [2.05, 4.69) is 48.5 Å². The van der Waals surface area contributed by atoms with E-state index in [1.165, 1.54) is 25.7 Å². The van der Waals surface area contributed by atoms with Crippen LogP contribution in [0.3, 0.4) is 0 Å². The van der Waals surface area contributed by atoms with Crippen LogP contribution in [0.2, 0.25) is 0 Å². The summed E-state index contributed by atoms with van der Waals surface area (Å²) in [6.07, 6.45) is 11.5. The van der Waals surface area contributed by atoms with Crippen molar-refractivity contribution < 1.29 is 19.1 Å². The minimum atomic E-state index is -0.279. The number of hydrogen-bond acceptors (Lipinski definition) is 4. The quantitative estimate of drug-likeness (QED) is 0.352. The zero-order chi connectivity index (χ0) is 27.2. The Morgan fingerprint density at radius 1 is 0.757 bits per heavy atom. The van der Waals surface area contributed by atoms with Crippen LogP contribution in [0.1, 0.15) is 120 Å². The predicted molar refractivity (Wildman–Crippen MR) is 147 cm³/mol. The molecular weight excluding hydrogens is 460 g/mol. The fourth-order valence-electron chi connectivity index (χ4n) is 12.2. The van der Waals surface area contributed by atoms with Crippen LogP contribution in [-0.2, 0) is 19.1 Å². The predicted octanol–water partition coefficient (Wildman–Crippen LogP) is 7.83. The van der Waals surface area contributed by atoms with E-state index in [0.29, 0.717) is 35.5 Å². The molecule has 11 atom stereocenters. The van der Waals surface area contributed by atoms with Gasteiger partial charge in [-0.05, 0) is 116 Å². The normalized spacial score (nSPS) is 52.5. The molecule has 0 amide bonds. The monoisotopic (exact) mass is 514 g/mol. The molecule has 0 saturated heterocycles. The first kappa shape index (κ1) is 27.5. The second kappa shape index (κ2) is 8.72. The average molecular weight is 515 g/mol. The maximum atomic E-state index is 13.5. The molecule has 0 aromatic heterocycles. The summed E-state index contributed by atoms with van der Waals surface area (Å²) in [6.45, 7) is 19.1. The van der Waals surface area contributed by atoms with Crippen molar-refractivity contribution in [2.75, 3.05) is 7.11 Å². The van der Waals surface area contributed by atoms with Gasteiger partial charge in [-0.2, -0.15) is 0 Å². The third-order valence-corrected chi connectivity index (χ3v) is 14.4. The summed E-state index contributed by atoms with van der Waals surface area (Å²) in [5, 5.41) is 0. The van der Waals surface area contributed by atoms with Gasteiger partial charge >= 0.3 is 11.9 Å². The Hall–Kier alpha value is -1.06. The summed E-state index contributed by atoms with van der Waals surface area (Å²) in [5.41, 5.74) is 0.503. The van der Waals surface area contributed by atoms with Gasteiger partial charge in [0.15, 0.2) is 0 Å². The van der Waals surface area contributed by atoms with E-state index in [4.69, 9.17) is 9.47 Å². The topological polar surface area (TPSA) is 52.6 Å². The smallest absolute Gasteiger partial charge is 0.312 e. The highest BCUT2D eigenvalue weighted by Crippen LogP contribution is 2.77. The Labute approximate surface area is 226 Å². The van der Waals surface area contributed by atoms with Gasteiger partial charge in [0.25, 0.3) is 0 Å². The van der Waals surface area contributed by atoms with E-state index in [0.717, 1.165) is 38.5 Å². The van der Waals surface area contributed by atoms with Gasteiger partial charge in [0, 0.05) is 12.3 Å². The molecule has 0 bridgehead atoms. The number of fused-ring (bicyclic) bond motifs is 7. The zero-order valence-electron chi connectivity index (χ0n) is 25.2. The first-order valence-corrected chi connectivity index (χ1v) is 15.4. The van der Waals surface area contributed by atoms with Gasteiger partial charge in [0.2, 0.25) is 0 Å². The maximum Gasteiger partial charge on any atom is 0.312 e. The molecule has 0 N–H and O–H groups in total. The number of methoxy groups -OCH3 is 1. The molecule has 0 spiro atoms. The van der Waals surface area contributed by atoms with Crippen LogP contribution < -0.4 is 0 Å². The molecule has 210 valence electrons. The summed E-state index contributed by atoms with van der Waals surface area (Å²) in [4.78, 5) is 25.4. The molecule has 5 saturated carbocycles. The first-order valence-electron chi connectivity index (χ1n) is 15.4. The standard InChI is InChI=1S/C33H54O4/c1-20-12-17-33(28(35)36-9)19-18-31(7)23(27(33)21(20)2)10-11-25-30(6)15-14-26(37-22(3)34)29(4,5)24(30)13-16-32(25,31)8/h20-21,23-27H,10-19H2,1-9H3/t20-,21+,23-,24+,25-,26+,27+,30+,31-,32-,33+/m1/s1. The summed E-state index contributed by atoms with van der Waals surface area (Å²) in [6, 6.07) is 0. The fourth-order valence-corrected chi connectivity index (χ4v) is 12.2. The van der Waals surface area contributed by atoms with E-state index in [1.807, 2.05) is 0 Å². The van der Waals surface area contributed by atoms with Crippen molar-refractivity contribution in [2.45, 2.75) is 126 Å². The van der Waals surface area contributed by atoms with Crippen molar-refractivity contribution in [3.8, 4) is 0 Å². The van der Waals surface area contributed by atoms with Crippen LogP contribution in [0, 0.1) is 62.6 Å². The summed E-state index contributed by atoms with van der Waals surface area (Å²) >= 11 is 0. The molecule has 5 rings (SSSR count). The fraction of sp³-hybridized carbons (Fsp3) is 0.939. The minimum absolute atomic E-state index is 0.00231. The van der Waals surface area contributed by atoms with Gasteiger partial charge in [0.05, 0.1) is 12.5 Å². The SMILES string of the molecule is COC(=O)[C@]12CC[C@@H](C)[C@H](C)[C@H]1[C@H]1CC[C@@H]3[C@@]4(C)CC[C@H](OC(C)=O)C(C)(C)[C@@H]4CC[C@@]3(C)[C@]1(C)CC2. The number of ether oxygens (including phenoxy) is 2. The number of esters is 2. The van der Waals surface area contributed by atoms with E-state index < -0.39 is 0 Å². The summed E-state index contributed by atoms with van der Waals surface area (Å²) in [7, 11) is 1.61. The Kier molecular flexibility index (Phi) is 6.48. The molecule has 0 radical (unpaired) electrons. The van der Waals surface area contributed by atoms with Crippen LogP contribution in [0.25, 0.3) is 0 Å². The number of hydrogen-bond donors (Lipinski definition) is 0. The molecule has 0 unspecified atom stereocenters. The van der Waals surface area contributed by atoms with Gasteiger partial charge in [0.1, 0.15) is 6.10 Å². The largest absolute Gasteiger partial charge is 0.469 e. The van der Waals surface area contributed by atoms with Gasteiger partial charge < -0.3 is 9.47 Å². The van der Waals surface area contributed by atoms with Gasteiger partial charge in [-0.3, -0.25) is 9.59 Å². The third-order valence-electron chi connectivity index (χ3n) is 14.4. The van der Waals surface area contributed by atoms with Crippen molar-refractivity contribution in [1.29, 1.82) is 0 Å². The molecule has 0 aromatic carbocycles. The molecule has 0 aromatic rings. The highest BCUT2D eigenvalue weighted by molar-refractivity contribution is 5.77. The van der Waals surface area contributed by atoms with Crippen molar-refractivity contribution in [2.24, 2.45) is 62.6 Å². The van der Waals surface area contributed by atoms with E-state index in [1.54, 1.807) is 14.0 Å². The third kappa shape index (κ3) is 3.51. The van der Waals surface area contributed by atoms with Crippen LogP contribution in [-0.4, -0.2) is 25.2 Å². The Morgan fingerprint density at radius 3 is 2.11 bits per heavy atom. The maximum absolute atomic E-state index is 13.5. The van der Waals surface area contributed by atoms with Crippen LogP contribution in [0.5, 0.6) is 0 Å².